The Morgan fingerprint density at radius 3 is 2.92 bits per heavy atom. The van der Waals surface area contributed by atoms with E-state index < -0.39 is 6.10 Å². The molecule has 0 aromatic heterocycles. The summed E-state index contributed by atoms with van der Waals surface area (Å²) in [5.41, 5.74) is 0.992. The lowest BCUT2D eigenvalue weighted by Crippen LogP contribution is -2.32. The van der Waals surface area contributed by atoms with Crippen molar-refractivity contribution in [3.05, 3.63) is 47.0 Å². The van der Waals surface area contributed by atoms with Gasteiger partial charge in [-0.3, -0.25) is 4.79 Å². The molecule has 1 heterocycles. The molecular formula is C21H27ClN2O2. The molecule has 1 aromatic rings. The highest BCUT2D eigenvalue weighted by atomic mass is 35.5. The van der Waals surface area contributed by atoms with Crippen LogP contribution in [0.2, 0.25) is 5.02 Å². The van der Waals surface area contributed by atoms with E-state index in [1.165, 1.54) is 0 Å². The summed E-state index contributed by atoms with van der Waals surface area (Å²) in [6.07, 6.45) is 9.66. The van der Waals surface area contributed by atoms with Crippen LogP contribution in [0.25, 0.3) is 0 Å². The quantitative estimate of drug-likeness (QED) is 0.491. The molecule has 0 bridgehead atoms. The molecule has 0 spiro atoms. The number of likely N-dealkylation sites (tertiary alicyclic amines) is 1. The summed E-state index contributed by atoms with van der Waals surface area (Å²) in [6, 6.07) is 9.73. The minimum absolute atomic E-state index is 0.0793. The number of amides is 1. The second-order valence-corrected chi connectivity index (χ2v) is 7.24. The Morgan fingerprint density at radius 2 is 2.15 bits per heavy atom. The molecule has 0 unspecified atom stereocenters. The van der Waals surface area contributed by atoms with E-state index in [0.717, 1.165) is 44.2 Å². The zero-order chi connectivity index (χ0) is 18.8. The summed E-state index contributed by atoms with van der Waals surface area (Å²) >= 11 is 5.97. The van der Waals surface area contributed by atoms with Gasteiger partial charge in [0.2, 0.25) is 5.91 Å². The van der Waals surface area contributed by atoms with Crippen LogP contribution in [0.5, 0.6) is 0 Å². The van der Waals surface area contributed by atoms with Crippen molar-refractivity contribution in [3.8, 4) is 6.07 Å². The third-order valence-electron chi connectivity index (χ3n) is 4.70. The fourth-order valence-electron chi connectivity index (χ4n) is 3.32. The van der Waals surface area contributed by atoms with Crippen LogP contribution in [0.3, 0.4) is 0 Å². The third-order valence-corrected chi connectivity index (χ3v) is 4.94. The Kier molecular flexibility index (Phi) is 8.67. The van der Waals surface area contributed by atoms with Gasteiger partial charge in [0.25, 0.3) is 0 Å². The largest absolute Gasteiger partial charge is 0.389 e. The minimum Gasteiger partial charge on any atom is -0.389 e. The van der Waals surface area contributed by atoms with Crippen LogP contribution in [0, 0.1) is 11.3 Å². The van der Waals surface area contributed by atoms with Gasteiger partial charge in [-0.05, 0) is 37.0 Å². The fraction of sp³-hybridized carbons (Fsp3) is 0.524. The Morgan fingerprint density at radius 1 is 1.35 bits per heavy atom. The van der Waals surface area contributed by atoms with Crippen LogP contribution in [-0.2, 0) is 11.2 Å². The predicted molar refractivity (Wildman–Crippen MR) is 104 cm³/mol. The number of rotatable bonds is 10. The van der Waals surface area contributed by atoms with Gasteiger partial charge in [-0.2, -0.15) is 5.26 Å². The number of aliphatic hydroxyl groups excluding tert-OH is 1. The Labute approximate surface area is 161 Å². The zero-order valence-corrected chi connectivity index (χ0v) is 15.9. The lowest BCUT2D eigenvalue weighted by molar-refractivity contribution is -0.128. The smallest absolute Gasteiger partial charge is 0.223 e. The highest BCUT2D eigenvalue weighted by Gasteiger charge is 2.28. The van der Waals surface area contributed by atoms with Crippen molar-refractivity contribution in [1.82, 2.24) is 4.90 Å². The van der Waals surface area contributed by atoms with Gasteiger partial charge in [-0.1, -0.05) is 48.7 Å². The molecule has 2 rings (SSSR count). The molecule has 26 heavy (non-hydrogen) atoms. The molecule has 0 saturated carbocycles. The van der Waals surface area contributed by atoms with Crippen molar-refractivity contribution in [3.63, 3.8) is 0 Å². The first kappa shape index (κ1) is 20.5. The van der Waals surface area contributed by atoms with Crippen molar-refractivity contribution >= 4 is 17.5 Å². The van der Waals surface area contributed by atoms with E-state index in [4.69, 9.17) is 16.9 Å². The van der Waals surface area contributed by atoms with E-state index in [0.29, 0.717) is 24.3 Å². The van der Waals surface area contributed by atoms with Gasteiger partial charge in [-0.15, -0.1) is 0 Å². The summed E-state index contributed by atoms with van der Waals surface area (Å²) in [5, 5.41) is 19.4. The van der Waals surface area contributed by atoms with Gasteiger partial charge in [0.15, 0.2) is 0 Å². The number of carbonyl (C=O) groups is 1. The first-order valence-electron chi connectivity index (χ1n) is 9.37. The first-order chi connectivity index (χ1) is 12.6. The summed E-state index contributed by atoms with van der Waals surface area (Å²) in [4.78, 5) is 14.0. The van der Waals surface area contributed by atoms with Gasteiger partial charge < -0.3 is 10.0 Å². The molecule has 4 nitrogen and oxygen atoms in total. The molecule has 1 saturated heterocycles. The fourth-order valence-corrected chi connectivity index (χ4v) is 3.53. The van der Waals surface area contributed by atoms with Gasteiger partial charge in [0.05, 0.1) is 18.2 Å². The lowest BCUT2D eigenvalue weighted by Gasteiger charge is -2.22. The topological polar surface area (TPSA) is 64.3 Å². The second-order valence-electron chi connectivity index (χ2n) is 6.80. The number of hydrogen-bond acceptors (Lipinski definition) is 3. The molecule has 140 valence electrons. The standard InChI is InChI=1S/C21H27ClN2O2/c22-18-8-6-7-17(15-18)16-20(25)11-9-19-10-12-21(26)24(19)14-5-3-1-2-4-13-23/h6-9,11,15,19-20,25H,1-5,10,12,14,16H2/t19-,20+/m0/s1. The number of nitrogens with zero attached hydrogens (tertiary/aromatic N) is 2. The molecule has 1 fully saturated rings. The highest BCUT2D eigenvalue weighted by molar-refractivity contribution is 6.30. The van der Waals surface area contributed by atoms with E-state index in [1.807, 2.05) is 35.2 Å². The van der Waals surface area contributed by atoms with Crippen molar-refractivity contribution in [2.45, 2.75) is 63.5 Å². The maximum atomic E-state index is 12.1. The maximum Gasteiger partial charge on any atom is 0.223 e. The molecule has 1 N–H and O–H groups in total. The van der Waals surface area contributed by atoms with Crippen LogP contribution >= 0.6 is 11.6 Å². The van der Waals surface area contributed by atoms with Crippen LogP contribution in [0.1, 0.15) is 50.5 Å². The van der Waals surface area contributed by atoms with Crippen LogP contribution in [0.15, 0.2) is 36.4 Å². The predicted octanol–water partition coefficient (Wildman–Crippen LogP) is 4.26. The van der Waals surface area contributed by atoms with E-state index >= 15 is 0 Å². The molecule has 1 aliphatic heterocycles. The summed E-state index contributed by atoms with van der Waals surface area (Å²) in [6.45, 7) is 0.755. The molecule has 1 aliphatic rings. The monoisotopic (exact) mass is 374 g/mol. The van der Waals surface area contributed by atoms with Gasteiger partial charge in [0, 0.05) is 30.8 Å². The van der Waals surface area contributed by atoms with Crippen molar-refractivity contribution in [2.75, 3.05) is 6.54 Å². The molecule has 0 radical (unpaired) electrons. The van der Waals surface area contributed by atoms with Gasteiger partial charge in [0.1, 0.15) is 0 Å². The molecule has 5 heteroatoms. The Balaban J connectivity index is 1.79. The number of aliphatic hydroxyl groups is 1. The zero-order valence-electron chi connectivity index (χ0n) is 15.1. The summed E-state index contributed by atoms with van der Waals surface area (Å²) in [7, 11) is 0. The second kappa shape index (κ2) is 11.0. The highest BCUT2D eigenvalue weighted by Crippen LogP contribution is 2.21. The number of unbranched alkanes of at least 4 members (excludes halogenated alkanes) is 4. The molecule has 2 atom stereocenters. The van der Waals surface area contributed by atoms with Crippen LogP contribution in [-0.4, -0.2) is 34.6 Å². The first-order valence-corrected chi connectivity index (χ1v) is 9.75. The Hall–Kier alpha value is -1.83. The van der Waals surface area contributed by atoms with Crippen molar-refractivity contribution in [1.29, 1.82) is 5.26 Å². The average Bonchev–Trinajstić information content (AvgIpc) is 2.96. The minimum atomic E-state index is -0.586. The number of nitriles is 1. The van der Waals surface area contributed by atoms with Crippen LogP contribution in [0.4, 0.5) is 0 Å². The Bertz CT molecular complexity index is 654. The number of hydrogen-bond donors (Lipinski definition) is 1. The maximum absolute atomic E-state index is 12.1. The van der Waals surface area contributed by atoms with Gasteiger partial charge in [-0.25, -0.2) is 0 Å². The third kappa shape index (κ3) is 6.82. The van der Waals surface area contributed by atoms with Gasteiger partial charge >= 0.3 is 0 Å². The van der Waals surface area contributed by atoms with Crippen LogP contribution < -0.4 is 0 Å². The van der Waals surface area contributed by atoms with Crippen molar-refractivity contribution in [2.24, 2.45) is 0 Å². The summed E-state index contributed by atoms with van der Waals surface area (Å²) in [5.74, 6) is 0.195. The average molecular weight is 375 g/mol. The number of halogens is 1. The van der Waals surface area contributed by atoms with E-state index in [-0.39, 0.29) is 11.9 Å². The molecule has 1 amide bonds. The molecular weight excluding hydrogens is 348 g/mol. The normalized spacial score (nSPS) is 18.4. The van der Waals surface area contributed by atoms with E-state index in [1.54, 1.807) is 6.08 Å². The lowest BCUT2D eigenvalue weighted by atomic mass is 10.1. The summed E-state index contributed by atoms with van der Waals surface area (Å²) < 4.78 is 0. The molecule has 1 aromatic carbocycles. The number of carbonyl (C=O) groups excluding carboxylic acids is 1. The van der Waals surface area contributed by atoms with E-state index in [9.17, 15) is 9.90 Å². The molecule has 0 aliphatic carbocycles. The number of benzene rings is 1. The van der Waals surface area contributed by atoms with Crippen molar-refractivity contribution < 1.29 is 9.90 Å². The van der Waals surface area contributed by atoms with E-state index in [2.05, 4.69) is 6.07 Å². The SMILES string of the molecule is N#CCCCCCCN1C(=O)CC[C@@H]1C=C[C@@H](O)Cc1cccc(Cl)c1.